The molecule has 2 fully saturated rings. The van der Waals surface area contributed by atoms with E-state index in [1.165, 1.54) is 33.1 Å². The van der Waals surface area contributed by atoms with E-state index in [0.717, 1.165) is 44.0 Å². The zero-order valence-corrected chi connectivity index (χ0v) is 17.8. The topological polar surface area (TPSA) is 86.6 Å². The highest BCUT2D eigenvalue weighted by Crippen LogP contribution is 2.35. The Balaban J connectivity index is 1.51. The predicted molar refractivity (Wildman–Crippen MR) is 108 cm³/mol. The smallest absolute Gasteiger partial charge is 0.247 e. The fourth-order valence-electron chi connectivity index (χ4n) is 4.03. The molecule has 1 saturated heterocycles. The molecule has 1 saturated carbocycles. The fraction of sp³-hybridized carbons (Fsp3) is 0.600. The van der Waals surface area contributed by atoms with E-state index < -0.39 is 10.0 Å². The van der Waals surface area contributed by atoms with Crippen LogP contribution in [-0.2, 0) is 23.0 Å². The summed E-state index contributed by atoms with van der Waals surface area (Å²) in [5.41, 5.74) is 0. The molecule has 9 heteroatoms. The number of sulfonamides is 1. The maximum Gasteiger partial charge on any atom is 0.247 e. The van der Waals surface area contributed by atoms with Crippen LogP contribution in [0, 0.1) is 5.92 Å². The molecule has 0 N–H and O–H groups in total. The molecule has 29 heavy (non-hydrogen) atoms. The van der Waals surface area contributed by atoms with Crippen molar-refractivity contribution in [3.63, 3.8) is 0 Å². The Morgan fingerprint density at radius 3 is 2.72 bits per heavy atom. The van der Waals surface area contributed by atoms with E-state index in [1.54, 1.807) is 22.8 Å². The largest absolute Gasteiger partial charge is 0.497 e. The third kappa shape index (κ3) is 4.25. The van der Waals surface area contributed by atoms with Crippen LogP contribution >= 0.6 is 0 Å². The van der Waals surface area contributed by atoms with Crippen LogP contribution in [-0.4, -0.2) is 54.3 Å². The van der Waals surface area contributed by atoms with E-state index in [2.05, 4.69) is 14.8 Å². The van der Waals surface area contributed by atoms with Gasteiger partial charge in [0.1, 0.15) is 28.5 Å². The normalized spacial score (nSPS) is 20.1. The van der Waals surface area contributed by atoms with Crippen LogP contribution in [0.5, 0.6) is 11.5 Å². The van der Waals surface area contributed by atoms with E-state index in [1.807, 2.05) is 0 Å². The second-order valence-electron chi connectivity index (χ2n) is 7.81. The maximum absolute atomic E-state index is 13.4. The van der Waals surface area contributed by atoms with Crippen molar-refractivity contribution in [2.45, 2.75) is 56.0 Å². The SMILES string of the molecule is COc1ccc(OC)c(S(=O)(=O)N2CCCC2CCc2nncn2CC2CC2)c1. The number of ether oxygens (including phenoxy) is 2. The zero-order chi connectivity index (χ0) is 20.4. The van der Waals surface area contributed by atoms with Crippen LogP contribution in [0.4, 0.5) is 0 Å². The molecule has 1 aliphatic carbocycles. The molecule has 1 aromatic heterocycles. The summed E-state index contributed by atoms with van der Waals surface area (Å²) in [7, 11) is -0.684. The number of hydrogen-bond donors (Lipinski definition) is 0. The van der Waals surface area contributed by atoms with E-state index in [0.29, 0.717) is 18.0 Å². The highest BCUT2D eigenvalue weighted by atomic mass is 32.2. The summed E-state index contributed by atoms with van der Waals surface area (Å²) < 4.78 is 41.2. The first-order chi connectivity index (χ1) is 14.0. The van der Waals surface area contributed by atoms with Crippen molar-refractivity contribution in [1.29, 1.82) is 0 Å². The van der Waals surface area contributed by atoms with Gasteiger partial charge in [0.2, 0.25) is 10.0 Å². The van der Waals surface area contributed by atoms with Crippen LogP contribution in [0.15, 0.2) is 29.4 Å². The molecule has 1 unspecified atom stereocenters. The van der Waals surface area contributed by atoms with Crippen LogP contribution < -0.4 is 9.47 Å². The molecule has 0 amide bonds. The minimum absolute atomic E-state index is 0.0537. The Morgan fingerprint density at radius 1 is 1.17 bits per heavy atom. The molecule has 8 nitrogen and oxygen atoms in total. The quantitative estimate of drug-likeness (QED) is 0.619. The second-order valence-corrected chi connectivity index (χ2v) is 9.67. The van der Waals surface area contributed by atoms with Gasteiger partial charge in [-0.2, -0.15) is 4.31 Å². The first kappa shape index (κ1) is 20.2. The van der Waals surface area contributed by atoms with Gasteiger partial charge < -0.3 is 14.0 Å². The molecule has 2 aliphatic rings. The Bertz CT molecular complexity index is 955. The Kier molecular flexibility index (Phi) is 5.78. The Morgan fingerprint density at radius 2 is 2.00 bits per heavy atom. The number of benzene rings is 1. The molecule has 1 aliphatic heterocycles. The standard InChI is InChI=1S/C20H28N4O4S/c1-27-17-8-9-18(28-2)19(12-17)29(25,26)24-11-3-4-16(24)7-10-20-22-21-14-23(20)13-15-5-6-15/h8-9,12,14-16H,3-7,10-11,13H2,1-2H3. The van der Waals surface area contributed by atoms with E-state index >= 15 is 0 Å². The molecule has 2 heterocycles. The first-order valence-corrected chi connectivity index (χ1v) is 11.6. The van der Waals surface area contributed by atoms with Gasteiger partial charge in [0.15, 0.2) is 0 Å². The summed E-state index contributed by atoms with van der Waals surface area (Å²) in [5.74, 6) is 2.52. The molecule has 1 aromatic carbocycles. The predicted octanol–water partition coefficient (Wildman–Crippen LogP) is 2.49. The minimum Gasteiger partial charge on any atom is -0.497 e. The van der Waals surface area contributed by atoms with Gasteiger partial charge in [-0.3, -0.25) is 0 Å². The van der Waals surface area contributed by atoms with Crippen molar-refractivity contribution in [1.82, 2.24) is 19.1 Å². The van der Waals surface area contributed by atoms with E-state index in [9.17, 15) is 8.42 Å². The van der Waals surface area contributed by atoms with Crippen molar-refractivity contribution in [2.24, 2.45) is 5.92 Å². The number of hydrogen-bond acceptors (Lipinski definition) is 6. The van der Waals surface area contributed by atoms with Crippen LogP contribution in [0.25, 0.3) is 0 Å². The average Bonchev–Trinajstić information content (AvgIpc) is 3.22. The van der Waals surface area contributed by atoms with Gasteiger partial charge in [0, 0.05) is 31.6 Å². The van der Waals surface area contributed by atoms with Gasteiger partial charge >= 0.3 is 0 Å². The molecule has 2 aromatic rings. The molecule has 0 bridgehead atoms. The van der Waals surface area contributed by atoms with Gasteiger partial charge in [-0.05, 0) is 50.2 Å². The number of rotatable bonds is 9. The lowest BCUT2D eigenvalue weighted by molar-refractivity contribution is 0.358. The van der Waals surface area contributed by atoms with Crippen molar-refractivity contribution in [3.8, 4) is 11.5 Å². The van der Waals surface area contributed by atoms with Crippen LogP contribution in [0.3, 0.4) is 0 Å². The summed E-state index contributed by atoms with van der Waals surface area (Å²) >= 11 is 0. The third-order valence-electron chi connectivity index (χ3n) is 5.83. The number of aryl methyl sites for hydroxylation is 1. The highest BCUT2D eigenvalue weighted by Gasteiger charge is 2.37. The number of aromatic nitrogens is 3. The lowest BCUT2D eigenvalue weighted by Gasteiger charge is -2.25. The summed E-state index contributed by atoms with van der Waals surface area (Å²) in [6.07, 6.45) is 7.49. The van der Waals surface area contributed by atoms with Gasteiger partial charge in [-0.15, -0.1) is 10.2 Å². The first-order valence-electron chi connectivity index (χ1n) is 10.1. The van der Waals surface area contributed by atoms with Crippen LogP contribution in [0.2, 0.25) is 0 Å². The van der Waals surface area contributed by atoms with Crippen molar-refractivity contribution >= 4 is 10.0 Å². The molecule has 1 atom stereocenters. The van der Waals surface area contributed by atoms with Gasteiger partial charge in [0.25, 0.3) is 0 Å². The van der Waals surface area contributed by atoms with Gasteiger partial charge in [0.05, 0.1) is 14.2 Å². The van der Waals surface area contributed by atoms with Crippen molar-refractivity contribution < 1.29 is 17.9 Å². The van der Waals surface area contributed by atoms with Gasteiger partial charge in [-0.25, -0.2) is 8.42 Å². The summed E-state index contributed by atoms with van der Waals surface area (Å²) in [4.78, 5) is 0.156. The van der Waals surface area contributed by atoms with Crippen LogP contribution in [0.1, 0.15) is 37.9 Å². The zero-order valence-electron chi connectivity index (χ0n) is 17.0. The molecular formula is C20H28N4O4S. The number of methoxy groups -OCH3 is 2. The molecule has 158 valence electrons. The number of nitrogens with zero attached hydrogens (tertiary/aromatic N) is 4. The monoisotopic (exact) mass is 420 g/mol. The molecule has 0 radical (unpaired) electrons. The van der Waals surface area contributed by atoms with Crippen molar-refractivity contribution in [2.75, 3.05) is 20.8 Å². The molecule has 4 rings (SSSR count). The summed E-state index contributed by atoms with van der Waals surface area (Å²) in [6.45, 7) is 1.48. The van der Waals surface area contributed by atoms with Crippen molar-refractivity contribution in [3.05, 3.63) is 30.4 Å². The average molecular weight is 421 g/mol. The van der Waals surface area contributed by atoms with E-state index in [-0.39, 0.29) is 10.9 Å². The Labute approximate surface area is 171 Å². The lowest BCUT2D eigenvalue weighted by atomic mass is 10.1. The van der Waals surface area contributed by atoms with Gasteiger partial charge in [-0.1, -0.05) is 0 Å². The summed E-state index contributed by atoms with van der Waals surface area (Å²) in [6, 6.07) is 4.82. The lowest BCUT2D eigenvalue weighted by Crippen LogP contribution is -2.36. The fourth-order valence-corrected chi connectivity index (χ4v) is 5.92. The third-order valence-corrected chi connectivity index (χ3v) is 7.80. The molecule has 0 spiro atoms. The second kappa shape index (κ2) is 8.31. The minimum atomic E-state index is -3.69. The summed E-state index contributed by atoms with van der Waals surface area (Å²) in [5, 5.41) is 8.32. The maximum atomic E-state index is 13.4. The molecular weight excluding hydrogens is 392 g/mol. The Hall–Kier alpha value is -2.13. The van der Waals surface area contributed by atoms with E-state index in [4.69, 9.17) is 9.47 Å². The highest BCUT2D eigenvalue weighted by molar-refractivity contribution is 7.89.